The maximum Gasteiger partial charge on any atom is 0.421 e. The number of nitrogens with zero attached hydrogens (tertiary/aromatic N) is 4. The summed E-state index contributed by atoms with van der Waals surface area (Å²) in [4.78, 5) is 37.4. The first-order chi connectivity index (χ1) is 19.6. The number of rotatable bonds is 6. The standard InChI is InChI=1S/C28H27F3N8O2/c1-3-11-38-12-14-39(15-13-38)19-9-7-18(8-10-19)34-27-32-16-20(28(29,30)31)24(37-27)35-21-5-4-6-22-23(21)26(41)33-17(2)25(40)36-22/h1,4-10,16-17H,11-15H2,2H3,(H,33,41)(H,36,40)(H2,32,34,35,37). The highest BCUT2D eigenvalue weighted by atomic mass is 19.4. The van der Waals surface area contributed by atoms with E-state index in [1.165, 1.54) is 25.1 Å². The number of amides is 2. The third-order valence-electron chi connectivity index (χ3n) is 6.81. The Bertz CT molecular complexity index is 1500. The second-order valence-corrected chi connectivity index (χ2v) is 9.63. The van der Waals surface area contributed by atoms with Gasteiger partial charge in [0.25, 0.3) is 5.91 Å². The van der Waals surface area contributed by atoms with E-state index in [1.54, 1.807) is 12.1 Å². The number of anilines is 6. The SMILES string of the molecule is C#CCN1CCN(c2ccc(Nc3ncc(C(F)(F)F)c(Nc4cccc5c4C(=O)NC(C)C(=O)N5)n3)cc2)CC1. The van der Waals surface area contributed by atoms with Crippen molar-refractivity contribution in [3.63, 3.8) is 0 Å². The summed E-state index contributed by atoms with van der Waals surface area (Å²) in [6.45, 7) is 5.50. The molecule has 0 saturated carbocycles. The topological polar surface area (TPSA) is 115 Å². The molecule has 2 aliphatic rings. The highest BCUT2D eigenvalue weighted by Crippen LogP contribution is 2.37. The maximum atomic E-state index is 13.9. The molecule has 1 unspecified atom stereocenters. The molecule has 3 heterocycles. The average Bonchev–Trinajstić information content (AvgIpc) is 3.04. The number of carbonyl (C=O) groups excluding carboxylic acids is 2. The number of terminal acetylenes is 1. The van der Waals surface area contributed by atoms with Crippen molar-refractivity contribution in [1.82, 2.24) is 20.2 Å². The van der Waals surface area contributed by atoms with Gasteiger partial charge in [-0.15, -0.1) is 6.42 Å². The molecule has 41 heavy (non-hydrogen) atoms. The van der Waals surface area contributed by atoms with Gasteiger partial charge in [-0.3, -0.25) is 14.5 Å². The zero-order valence-electron chi connectivity index (χ0n) is 22.0. The molecule has 13 heteroatoms. The van der Waals surface area contributed by atoms with Crippen LogP contribution >= 0.6 is 0 Å². The van der Waals surface area contributed by atoms with Crippen LogP contribution in [-0.2, 0) is 11.0 Å². The van der Waals surface area contributed by atoms with Gasteiger partial charge in [0.2, 0.25) is 11.9 Å². The molecule has 1 saturated heterocycles. The molecule has 0 aliphatic carbocycles. The Morgan fingerprint density at radius 3 is 2.49 bits per heavy atom. The minimum atomic E-state index is -4.77. The summed E-state index contributed by atoms with van der Waals surface area (Å²) in [6, 6.07) is 11.0. The van der Waals surface area contributed by atoms with Crippen LogP contribution in [0, 0.1) is 12.3 Å². The van der Waals surface area contributed by atoms with Gasteiger partial charge in [0, 0.05) is 43.8 Å². The molecule has 0 spiro atoms. The lowest BCUT2D eigenvalue weighted by Gasteiger charge is -2.35. The fourth-order valence-electron chi connectivity index (χ4n) is 4.63. The van der Waals surface area contributed by atoms with Gasteiger partial charge in [-0.2, -0.15) is 18.2 Å². The number of nitrogens with one attached hydrogen (secondary N) is 4. The van der Waals surface area contributed by atoms with Crippen molar-refractivity contribution in [2.75, 3.05) is 53.6 Å². The Morgan fingerprint density at radius 1 is 1.07 bits per heavy atom. The smallest absolute Gasteiger partial charge is 0.369 e. The molecular weight excluding hydrogens is 537 g/mol. The number of aromatic nitrogens is 2. The van der Waals surface area contributed by atoms with E-state index in [9.17, 15) is 22.8 Å². The van der Waals surface area contributed by atoms with Gasteiger partial charge >= 0.3 is 6.18 Å². The molecule has 0 bridgehead atoms. The second kappa shape index (κ2) is 11.3. The van der Waals surface area contributed by atoms with E-state index in [1.807, 2.05) is 12.1 Å². The van der Waals surface area contributed by atoms with E-state index >= 15 is 0 Å². The molecule has 2 aliphatic heterocycles. The first-order valence-electron chi connectivity index (χ1n) is 12.9. The van der Waals surface area contributed by atoms with E-state index in [0.29, 0.717) is 18.4 Å². The largest absolute Gasteiger partial charge is 0.421 e. The molecule has 3 aromatic rings. The van der Waals surface area contributed by atoms with Crippen LogP contribution in [0.15, 0.2) is 48.7 Å². The van der Waals surface area contributed by atoms with Gasteiger partial charge in [0.15, 0.2) is 0 Å². The van der Waals surface area contributed by atoms with Crippen LogP contribution < -0.4 is 26.2 Å². The van der Waals surface area contributed by atoms with Gasteiger partial charge in [-0.1, -0.05) is 12.0 Å². The fraction of sp³-hybridized carbons (Fsp3) is 0.286. The summed E-state index contributed by atoms with van der Waals surface area (Å²) in [7, 11) is 0. The van der Waals surface area contributed by atoms with E-state index in [4.69, 9.17) is 6.42 Å². The Kier molecular flexibility index (Phi) is 7.67. The second-order valence-electron chi connectivity index (χ2n) is 9.63. The third-order valence-corrected chi connectivity index (χ3v) is 6.81. The lowest BCUT2D eigenvalue weighted by Crippen LogP contribution is -2.46. The maximum absolute atomic E-state index is 13.9. The number of fused-ring (bicyclic) bond motifs is 1. The van der Waals surface area contributed by atoms with Crippen LogP contribution in [-0.4, -0.2) is 65.4 Å². The molecule has 1 aromatic heterocycles. The molecule has 212 valence electrons. The molecule has 4 N–H and O–H groups in total. The average molecular weight is 565 g/mol. The van der Waals surface area contributed by atoms with Crippen LogP contribution in [0.5, 0.6) is 0 Å². The minimum Gasteiger partial charge on any atom is -0.369 e. The van der Waals surface area contributed by atoms with Crippen LogP contribution in [0.4, 0.5) is 47.7 Å². The molecular formula is C28H27F3N8O2. The van der Waals surface area contributed by atoms with E-state index in [-0.39, 0.29) is 22.9 Å². The number of benzene rings is 2. The summed E-state index contributed by atoms with van der Waals surface area (Å²) in [5.41, 5.74) is 0.663. The zero-order valence-corrected chi connectivity index (χ0v) is 22.0. The Labute approximate surface area is 234 Å². The molecule has 5 rings (SSSR count). The van der Waals surface area contributed by atoms with Gasteiger partial charge in [0.1, 0.15) is 17.4 Å². The summed E-state index contributed by atoms with van der Waals surface area (Å²) >= 11 is 0. The highest BCUT2D eigenvalue weighted by Gasteiger charge is 2.36. The number of hydrogen-bond donors (Lipinski definition) is 4. The summed E-state index contributed by atoms with van der Waals surface area (Å²) in [5.74, 6) is 0.961. The van der Waals surface area contributed by atoms with Gasteiger partial charge in [-0.25, -0.2) is 4.98 Å². The zero-order chi connectivity index (χ0) is 29.1. The molecule has 1 atom stereocenters. The molecule has 2 aromatic carbocycles. The predicted molar refractivity (Wildman–Crippen MR) is 150 cm³/mol. The number of alkyl halides is 3. The lowest BCUT2D eigenvalue weighted by molar-refractivity contribution is -0.137. The van der Waals surface area contributed by atoms with Crippen molar-refractivity contribution < 1.29 is 22.8 Å². The number of hydrogen-bond acceptors (Lipinski definition) is 8. The molecule has 1 fully saturated rings. The first kappa shape index (κ1) is 27.7. The highest BCUT2D eigenvalue weighted by molar-refractivity contribution is 6.13. The van der Waals surface area contributed by atoms with Crippen molar-refractivity contribution in [3.8, 4) is 12.3 Å². The quantitative estimate of drug-likeness (QED) is 0.335. The number of halogens is 3. The summed E-state index contributed by atoms with van der Waals surface area (Å²) < 4.78 is 41.7. The van der Waals surface area contributed by atoms with Crippen molar-refractivity contribution >= 4 is 46.3 Å². The van der Waals surface area contributed by atoms with Crippen LogP contribution in [0.25, 0.3) is 0 Å². The minimum absolute atomic E-state index is 0.0119. The molecule has 10 nitrogen and oxygen atoms in total. The van der Waals surface area contributed by atoms with E-state index < -0.39 is 35.4 Å². The van der Waals surface area contributed by atoms with Gasteiger partial charge < -0.3 is 26.2 Å². The van der Waals surface area contributed by atoms with Crippen molar-refractivity contribution in [2.24, 2.45) is 0 Å². The van der Waals surface area contributed by atoms with Crippen molar-refractivity contribution in [3.05, 3.63) is 59.8 Å². The van der Waals surface area contributed by atoms with Crippen molar-refractivity contribution in [2.45, 2.75) is 19.1 Å². The van der Waals surface area contributed by atoms with Gasteiger partial charge in [0.05, 0.1) is 23.5 Å². The normalized spacial score (nSPS) is 17.5. The Hall–Kier alpha value is -4.83. The number of carbonyl (C=O) groups is 2. The predicted octanol–water partition coefficient (Wildman–Crippen LogP) is 3.81. The first-order valence-corrected chi connectivity index (χ1v) is 12.9. The lowest BCUT2D eigenvalue weighted by atomic mass is 10.1. The third kappa shape index (κ3) is 6.17. The van der Waals surface area contributed by atoms with Crippen LogP contribution in [0.3, 0.4) is 0 Å². The monoisotopic (exact) mass is 564 g/mol. The van der Waals surface area contributed by atoms with Crippen LogP contribution in [0.1, 0.15) is 22.8 Å². The Morgan fingerprint density at radius 2 is 1.80 bits per heavy atom. The number of piperazine rings is 1. The van der Waals surface area contributed by atoms with E-state index in [2.05, 4.69) is 47.0 Å². The Balaban J connectivity index is 1.38. The van der Waals surface area contributed by atoms with Gasteiger partial charge in [-0.05, 0) is 43.3 Å². The van der Waals surface area contributed by atoms with Crippen molar-refractivity contribution in [1.29, 1.82) is 0 Å². The summed E-state index contributed by atoms with van der Waals surface area (Å²) in [5, 5.41) is 10.7. The molecule has 2 amide bonds. The molecule has 0 radical (unpaired) electrons. The van der Waals surface area contributed by atoms with E-state index in [0.717, 1.165) is 31.9 Å². The summed E-state index contributed by atoms with van der Waals surface area (Å²) in [6.07, 6.45) is 1.30. The van der Waals surface area contributed by atoms with Crippen LogP contribution in [0.2, 0.25) is 0 Å². The fourth-order valence-corrected chi connectivity index (χ4v) is 4.63.